The van der Waals surface area contributed by atoms with Gasteiger partial charge in [0.25, 0.3) is 0 Å². The van der Waals surface area contributed by atoms with Gasteiger partial charge in [-0.1, -0.05) is 15.9 Å². The molecule has 1 N–H and O–H groups in total. The van der Waals surface area contributed by atoms with Crippen LogP contribution in [0.4, 0.5) is 10.1 Å². The van der Waals surface area contributed by atoms with Crippen molar-refractivity contribution < 1.29 is 9.13 Å². The van der Waals surface area contributed by atoms with Crippen molar-refractivity contribution in [1.82, 2.24) is 0 Å². The Labute approximate surface area is 126 Å². The van der Waals surface area contributed by atoms with Gasteiger partial charge in [-0.3, -0.25) is 0 Å². The van der Waals surface area contributed by atoms with Gasteiger partial charge in [0.05, 0.1) is 6.54 Å². The Balaban J connectivity index is 1.63. The van der Waals surface area contributed by atoms with Crippen LogP contribution in [0, 0.1) is 12.7 Å². The molecule has 0 aromatic heterocycles. The van der Waals surface area contributed by atoms with Crippen molar-refractivity contribution in [3.63, 3.8) is 0 Å². The molecule has 0 radical (unpaired) electrons. The highest BCUT2D eigenvalue weighted by atomic mass is 79.9. The molecule has 2 nitrogen and oxygen atoms in total. The van der Waals surface area contributed by atoms with Gasteiger partial charge in [-0.05, 0) is 48.9 Å². The van der Waals surface area contributed by atoms with E-state index >= 15 is 0 Å². The average Bonchev–Trinajstić information content (AvgIpc) is 2.77. The number of ether oxygens (including phenoxy) is 1. The zero-order chi connectivity index (χ0) is 14.1. The van der Waals surface area contributed by atoms with Gasteiger partial charge >= 0.3 is 0 Å². The topological polar surface area (TPSA) is 21.3 Å². The minimum Gasteiger partial charge on any atom is -0.488 e. The lowest BCUT2D eigenvalue weighted by Crippen LogP contribution is -2.23. The molecule has 1 heterocycles. The summed E-state index contributed by atoms with van der Waals surface area (Å²) in [5.41, 5.74) is 3.20. The van der Waals surface area contributed by atoms with Crippen molar-refractivity contribution >= 4 is 21.6 Å². The van der Waals surface area contributed by atoms with Gasteiger partial charge in [0, 0.05) is 22.1 Å². The molecule has 0 fully saturated rings. The molecule has 2 aromatic rings. The predicted octanol–water partition coefficient (Wildman–Crippen LogP) is 4.31. The maximum absolute atomic E-state index is 13.2. The van der Waals surface area contributed by atoms with Crippen molar-refractivity contribution in [1.29, 1.82) is 0 Å². The predicted molar refractivity (Wildman–Crippen MR) is 81.9 cm³/mol. The summed E-state index contributed by atoms with van der Waals surface area (Å²) in [7, 11) is 0. The van der Waals surface area contributed by atoms with E-state index in [2.05, 4.69) is 40.3 Å². The quantitative estimate of drug-likeness (QED) is 0.902. The highest BCUT2D eigenvalue weighted by Gasteiger charge is 2.22. The number of hydrogen-bond donors (Lipinski definition) is 1. The van der Waals surface area contributed by atoms with Gasteiger partial charge in [-0.15, -0.1) is 0 Å². The highest BCUT2D eigenvalue weighted by Crippen LogP contribution is 2.29. The van der Waals surface area contributed by atoms with Crippen molar-refractivity contribution in [2.45, 2.75) is 19.4 Å². The number of anilines is 1. The summed E-state index contributed by atoms with van der Waals surface area (Å²) in [4.78, 5) is 0. The first-order chi connectivity index (χ1) is 9.60. The maximum atomic E-state index is 13.2. The first-order valence-electron chi connectivity index (χ1n) is 6.56. The summed E-state index contributed by atoms with van der Waals surface area (Å²) in [5, 5.41) is 3.37. The molecule has 3 rings (SSSR count). The molecular formula is C16H15BrFNO. The fourth-order valence-corrected chi connectivity index (χ4v) is 3.08. The third-order valence-corrected chi connectivity index (χ3v) is 3.80. The van der Waals surface area contributed by atoms with E-state index in [9.17, 15) is 4.39 Å². The van der Waals surface area contributed by atoms with Crippen LogP contribution in [0.25, 0.3) is 0 Å². The second kappa shape index (κ2) is 5.44. The Kier molecular flexibility index (Phi) is 3.66. The van der Waals surface area contributed by atoms with E-state index in [1.54, 1.807) is 12.1 Å². The molecule has 1 aliphatic heterocycles. The van der Waals surface area contributed by atoms with Crippen LogP contribution in [0.5, 0.6) is 5.75 Å². The number of rotatable bonds is 3. The molecule has 0 spiro atoms. The SMILES string of the molecule is Cc1cc(Br)cc(NCC2Cc3cc(F)ccc3O2)c1. The van der Waals surface area contributed by atoms with Crippen LogP contribution in [0.15, 0.2) is 40.9 Å². The van der Waals surface area contributed by atoms with E-state index in [1.807, 2.05) is 6.07 Å². The van der Waals surface area contributed by atoms with Gasteiger partial charge in [0.2, 0.25) is 0 Å². The summed E-state index contributed by atoms with van der Waals surface area (Å²) in [5.74, 6) is 0.590. The second-order valence-electron chi connectivity index (χ2n) is 5.09. The summed E-state index contributed by atoms with van der Waals surface area (Å²) >= 11 is 3.48. The van der Waals surface area contributed by atoms with Crippen LogP contribution in [-0.4, -0.2) is 12.6 Å². The van der Waals surface area contributed by atoms with E-state index < -0.39 is 0 Å². The number of benzene rings is 2. The molecule has 4 heteroatoms. The third-order valence-electron chi connectivity index (χ3n) is 3.34. The van der Waals surface area contributed by atoms with Gasteiger partial charge in [-0.25, -0.2) is 4.39 Å². The van der Waals surface area contributed by atoms with E-state index in [0.717, 1.165) is 27.9 Å². The molecule has 0 bridgehead atoms. The Morgan fingerprint density at radius 1 is 1.30 bits per heavy atom. The zero-order valence-corrected chi connectivity index (χ0v) is 12.7. The minimum absolute atomic E-state index is 0.0473. The Hall–Kier alpha value is -1.55. The van der Waals surface area contributed by atoms with Crippen LogP contribution >= 0.6 is 15.9 Å². The molecule has 2 aromatic carbocycles. The minimum atomic E-state index is -0.205. The first-order valence-corrected chi connectivity index (χ1v) is 7.35. The van der Waals surface area contributed by atoms with Crippen LogP contribution < -0.4 is 10.1 Å². The van der Waals surface area contributed by atoms with Crippen molar-refractivity contribution in [2.24, 2.45) is 0 Å². The maximum Gasteiger partial charge on any atom is 0.123 e. The van der Waals surface area contributed by atoms with E-state index in [1.165, 1.54) is 11.6 Å². The van der Waals surface area contributed by atoms with E-state index in [0.29, 0.717) is 6.54 Å². The highest BCUT2D eigenvalue weighted by molar-refractivity contribution is 9.10. The average molecular weight is 336 g/mol. The lowest BCUT2D eigenvalue weighted by atomic mass is 10.1. The largest absolute Gasteiger partial charge is 0.488 e. The van der Waals surface area contributed by atoms with Gasteiger partial charge in [0.1, 0.15) is 17.7 Å². The number of hydrogen-bond acceptors (Lipinski definition) is 2. The summed E-state index contributed by atoms with van der Waals surface area (Å²) in [6.07, 6.45) is 0.790. The second-order valence-corrected chi connectivity index (χ2v) is 6.01. The molecular weight excluding hydrogens is 321 g/mol. The number of fused-ring (bicyclic) bond motifs is 1. The fraction of sp³-hybridized carbons (Fsp3) is 0.250. The molecule has 0 aliphatic carbocycles. The first kappa shape index (κ1) is 13.4. The van der Waals surface area contributed by atoms with Gasteiger partial charge in [0.15, 0.2) is 0 Å². The normalized spacial score (nSPS) is 16.6. The molecule has 0 amide bonds. The Morgan fingerprint density at radius 2 is 2.15 bits per heavy atom. The van der Waals surface area contributed by atoms with Crippen molar-refractivity contribution in [3.8, 4) is 5.75 Å². The number of aryl methyl sites for hydroxylation is 1. The summed E-state index contributed by atoms with van der Waals surface area (Å²) < 4.78 is 20.0. The number of nitrogens with one attached hydrogen (secondary N) is 1. The van der Waals surface area contributed by atoms with Crippen LogP contribution in [0.2, 0.25) is 0 Å². The monoisotopic (exact) mass is 335 g/mol. The molecule has 0 saturated carbocycles. The van der Waals surface area contributed by atoms with Crippen molar-refractivity contribution in [3.05, 3.63) is 57.8 Å². The summed E-state index contributed by atoms with van der Waals surface area (Å²) in [6, 6.07) is 10.9. The Morgan fingerprint density at radius 3 is 2.95 bits per heavy atom. The fourth-order valence-electron chi connectivity index (χ4n) is 2.47. The van der Waals surface area contributed by atoms with E-state index in [-0.39, 0.29) is 11.9 Å². The van der Waals surface area contributed by atoms with Crippen LogP contribution in [0.1, 0.15) is 11.1 Å². The van der Waals surface area contributed by atoms with Crippen LogP contribution in [0.3, 0.4) is 0 Å². The van der Waals surface area contributed by atoms with E-state index in [4.69, 9.17) is 4.74 Å². The molecule has 20 heavy (non-hydrogen) atoms. The smallest absolute Gasteiger partial charge is 0.123 e. The third kappa shape index (κ3) is 2.96. The molecule has 0 saturated heterocycles. The van der Waals surface area contributed by atoms with Gasteiger partial charge in [-0.2, -0.15) is 0 Å². The standard InChI is InChI=1S/C16H15BrFNO/c1-10-4-12(17)8-14(5-10)19-9-15-7-11-6-13(18)2-3-16(11)20-15/h2-6,8,15,19H,7,9H2,1H3. The van der Waals surface area contributed by atoms with Gasteiger partial charge < -0.3 is 10.1 Å². The molecule has 104 valence electrons. The molecule has 1 unspecified atom stereocenters. The van der Waals surface area contributed by atoms with Crippen LogP contribution in [-0.2, 0) is 6.42 Å². The molecule has 1 atom stereocenters. The zero-order valence-electron chi connectivity index (χ0n) is 11.1. The molecule has 1 aliphatic rings. The lowest BCUT2D eigenvalue weighted by molar-refractivity contribution is 0.246. The number of halogens is 2. The lowest BCUT2D eigenvalue weighted by Gasteiger charge is -2.13. The summed E-state index contributed by atoms with van der Waals surface area (Å²) in [6.45, 7) is 2.76. The Bertz CT molecular complexity index is 624. The van der Waals surface area contributed by atoms with Crippen molar-refractivity contribution in [2.75, 3.05) is 11.9 Å².